The molecule has 158 valence electrons. The molecular weight excluding hydrogens is 407 g/mol. The van der Waals surface area contributed by atoms with E-state index >= 15 is 0 Å². The number of aromatic nitrogens is 6. The quantitative estimate of drug-likeness (QED) is 0.529. The highest BCUT2D eigenvalue weighted by Crippen LogP contribution is 2.38. The molecule has 2 aromatic heterocycles. The van der Waals surface area contributed by atoms with Crippen molar-refractivity contribution in [3.05, 3.63) is 60.2 Å². The summed E-state index contributed by atoms with van der Waals surface area (Å²) in [6.07, 6.45) is -1.06. The second kappa shape index (κ2) is 7.60. The molecule has 1 saturated heterocycles. The summed E-state index contributed by atoms with van der Waals surface area (Å²) in [5.74, 6) is 1.55. The molecule has 3 heterocycles. The van der Waals surface area contributed by atoms with E-state index in [-0.39, 0.29) is 5.92 Å². The number of piperidine rings is 1. The van der Waals surface area contributed by atoms with Gasteiger partial charge in [0.25, 0.3) is 0 Å². The molecule has 4 aromatic rings. The lowest BCUT2D eigenvalue weighted by Crippen LogP contribution is -2.35. The Morgan fingerprint density at radius 2 is 1.94 bits per heavy atom. The smallest absolute Gasteiger partial charge is 0.355 e. The molecule has 2 aromatic carbocycles. The van der Waals surface area contributed by atoms with Crippen LogP contribution in [0.4, 0.5) is 19.0 Å². The van der Waals surface area contributed by atoms with Gasteiger partial charge in [-0.15, -0.1) is 5.10 Å². The summed E-state index contributed by atoms with van der Waals surface area (Å²) in [6.45, 7) is 1.43. The van der Waals surface area contributed by atoms with Crippen LogP contribution in [0, 0.1) is 0 Å². The number of aromatic amines is 1. The summed E-state index contributed by atoms with van der Waals surface area (Å²) in [5.41, 5.74) is 1.15. The lowest BCUT2D eigenvalue weighted by Gasteiger charge is -2.33. The summed E-state index contributed by atoms with van der Waals surface area (Å²) in [7, 11) is 0. The fourth-order valence-corrected chi connectivity index (χ4v) is 4.17. The zero-order valence-electron chi connectivity index (χ0n) is 16.3. The van der Waals surface area contributed by atoms with E-state index in [1.165, 1.54) is 18.5 Å². The monoisotopic (exact) mass is 425 g/mol. The van der Waals surface area contributed by atoms with E-state index in [2.05, 4.69) is 35.5 Å². The van der Waals surface area contributed by atoms with Crippen LogP contribution in [0.25, 0.3) is 22.0 Å². The molecule has 1 atom stereocenters. The molecular formula is C21H18F3N7. The van der Waals surface area contributed by atoms with Crippen molar-refractivity contribution in [1.29, 1.82) is 0 Å². The molecule has 31 heavy (non-hydrogen) atoms. The van der Waals surface area contributed by atoms with E-state index in [0.29, 0.717) is 29.0 Å². The number of alkyl halides is 3. The van der Waals surface area contributed by atoms with Gasteiger partial charge in [-0.3, -0.25) is 0 Å². The maximum absolute atomic E-state index is 13.3. The number of halogens is 3. The van der Waals surface area contributed by atoms with Crippen molar-refractivity contribution >= 4 is 16.7 Å². The molecule has 5 rings (SSSR count). The van der Waals surface area contributed by atoms with Crippen molar-refractivity contribution < 1.29 is 13.2 Å². The number of tetrazole rings is 1. The molecule has 1 aliphatic rings. The van der Waals surface area contributed by atoms with Crippen molar-refractivity contribution in [2.45, 2.75) is 24.9 Å². The molecule has 1 unspecified atom stereocenters. The summed E-state index contributed by atoms with van der Waals surface area (Å²) >= 11 is 0. The predicted molar refractivity (Wildman–Crippen MR) is 108 cm³/mol. The summed E-state index contributed by atoms with van der Waals surface area (Å²) in [4.78, 5) is 11.0. The van der Waals surface area contributed by atoms with E-state index in [1.807, 2.05) is 12.1 Å². The zero-order chi connectivity index (χ0) is 21.4. The number of nitrogens with zero attached hydrogens (tertiary/aromatic N) is 6. The Balaban J connectivity index is 1.61. The molecule has 0 amide bonds. The first-order chi connectivity index (χ1) is 15.0. The van der Waals surface area contributed by atoms with Gasteiger partial charge in [-0.1, -0.05) is 24.3 Å². The van der Waals surface area contributed by atoms with Crippen LogP contribution in [0.1, 0.15) is 30.1 Å². The number of hydrogen-bond donors (Lipinski definition) is 1. The standard InChI is InChI=1S/C21H18F3N7/c22-21(23,24)15-6-1-4-13(10-15)16-7-2-8-17-18(16)20(26-12-25-17)31-9-3-5-14(11-31)19-27-29-30-28-19/h1-2,4,6-8,10,12,14H,3,5,9,11H2,(H,27,28,29,30). The van der Waals surface area contributed by atoms with E-state index in [1.54, 1.807) is 12.1 Å². The molecule has 7 nitrogen and oxygen atoms in total. The van der Waals surface area contributed by atoms with Crippen LogP contribution in [-0.2, 0) is 6.18 Å². The van der Waals surface area contributed by atoms with Crippen LogP contribution in [0.5, 0.6) is 0 Å². The average Bonchev–Trinajstić information content (AvgIpc) is 3.33. The largest absolute Gasteiger partial charge is 0.416 e. The first kappa shape index (κ1) is 19.4. The van der Waals surface area contributed by atoms with Gasteiger partial charge in [0.05, 0.1) is 16.5 Å². The third kappa shape index (κ3) is 3.69. The Bertz CT molecular complexity index is 1200. The maximum Gasteiger partial charge on any atom is 0.416 e. The van der Waals surface area contributed by atoms with Crippen molar-refractivity contribution in [3.63, 3.8) is 0 Å². The normalized spacial score (nSPS) is 17.3. The third-order valence-corrected chi connectivity index (χ3v) is 5.61. The first-order valence-electron chi connectivity index (χ1n) is 9.90. The second-order valence-corrected chi connectivity index (χ2v) is 7.55. The number of anilines is 1. The van der Waals surface area contributed by atoms with Gasteiger partial charge >= 0.3 is 6.18 Å². The summed E-state index contributed by atoms with van der Waals surface area (Å²) < 4.78 is 39.9. The van der Waals surface area contributed by atoms with E-state index in [4.69, 9.17) is 0 Å². The predicted octanol–water partition coefficient (Wildman–Crippen LogP) is 4.21. The maximum atomic E-state index is 13.3. The molecule has 0 spiro atoms. The topological polar surface area (TPSA) is 83.5 Å². The fraction of sp³-hybridized carbons (Fsp3) is 0.286. The number of hydrogen-bond acceptors (Lipinski definition) is 6. The van der Waals surface area contributed by atoms with Crippen molar-refractivity contribution in [3.8, 4) is 11.1 Å². The van der Waals surface area contributed by atoms with Gasteiger partial charge in [0.15, 0.2) is 5.82 Å². The number of rotatable bonds is 3. The lowest BCUT2D eigenvalue weighted by molar-refractivity contribution is -0.137. The summed E-state index contributed by atoms with van der Waals surface area (Å²) in [6, 6.07) is 10.8. The van der Waals surface area contributed by atoms with E-state index in [9.17, 15) is 13.2 Å². The molecule has 1 aliphatic heterocycles. The van der Waals surface area contributed by atoms with Crippen LogP contribution in [0.15, 0.2) is 48.8 Å². The van der Waals surface area contributed by atoms with Crippen molar-refractivity contribution in [2.24, 2.45) is 0 Å². The fourth-order valence-electron chi connectivity index (χ4n) is 4.17. The molecule has 0 aliphatic carbocycles. The molecule has 1 fully saturated rings. The van der Waals surface area contributed by atoms with Crippen LogP contribution in [0.3, 0.4) is 0 Å². The number of nitrogens with one attached hydrogen (secondary N) is 1. The highest BCUT2D eigenvalue weighted by molar-refractivity contribution is 6.02. The molecule has 10 heteroatoms. The number of H-pyrrole nitrogens is 1. The number of benzene rings is 2. The van der Waals surface area contributed by atoms with E-state index < -0.39 is 11.7 Å². The van der Waals surface area contributed by atoms with Crippen LogP contribution < -0.4 is 4.90 Å². The minimum Gasteiger partial charge on any atom is -0.355 e. The Kier molecular flexibility index (Phi) is 4.76. The molecule has 1 N–H and O–H groups in total. The zero-order valence-corrected chi connectivity index (χ0v) is 16.3. The van der Waals surface area contributed by atoms with Crippen LogP contribution in [-0.4, -0.2) is 43.7 Å². The highest BCUT2D eigenvalue weighted by Gasteiger charge is 2.31. The Labute approximate surface area is 175 Å². The minimum atomic E-state index is -4.41. The number of fused-ring (bicyclic) bond motifs is 1. The van der Waals surface area contributed by atoms with Crippen molar-refractivity contribution in [2.75, 3.05) is 18.0 Å². The Morgan fingerprint density at radius 1 is 1.06 bits per heavy atom. The minimum absolute atomic E-state index is 0.120. The van der Waals surface area contributed by atoms with Gasteiger partial charge in [-0.2, -0.15) is 13.2 Å². The molecule has 0 saturated carbocycles. The van der Waals surface area contributed by atoms with Crippen LogP contribution >= 0.6 is 0 Å². The van der Waals surface area contributed by atoms with E-state index in [0.717, 1.165) is 36.7 Å². The molecule has 0 radical (unpaired) electrons. The third-order valence-electron chi connectivity index (χ3n) is 5.61. The van der Waals surface area contributed by atoms with Crippen molar-refractivity contribution in [1.82, 2.24) is 30.6 Å². The Morgan fingerprint density at radius 3 is 2.74 bits per heavy atom. The van der Waals surface area contributed by atoms with Gasteiger partial charge in [0, 0.05) is 19.0 Å². The van der Waals surface area contributed by atoms with Gasteiger partial charge in [-0.05, 0) is 52.6 Å². The average molecular weight is 425 g/mol. The highest BCUT2D eigenvalue weighted by atomic mass is 19.4. The van der Waals surface area contributed by atoms with Gasteiger partial charge in [-0.25, -0.2) is 15.1 Å². The summed E-state index contributed by atoms with van der Waals surface area (Å²) in [5, 5.41) is 15.0. The molecule has 0 bridgehead atoms. The SMILES string of the molecule is FC(F)(F)c1cccc(-c2cccc3ncnc(N4CCCC(c5nnn[nH]5)C4)c23)c1. The first-order valence-corrected chi connectivity index (χ1v) is 9.90. The lowest BCUT2D eigenvalue weighted by atomic mass is 9.95. The Hall–Kier alpha value is -3.56. The van der Waals surface area contributed by atoms with Crippen LogP contribution in [0.2, 0.25) is 0 Å². The second-order valence-electron chi connectivity index (χ2n) is 7.55. The van der Waals surface area contributed by atoms with Gasteiger partial charge < -0.3 is 4.90 Å². The van der Waals surface area contributed by atoms with Gasteiger partial charge in [0.2, 0.25) is 0 Å². The van der Waals surface area contributed by atoms with Gasteiger partial charge in [0.1, 0.15) is 12.1 Å².